The van der Waals surface area contributed by atoms with Crippen LogP contribution in [-0.4, -0.2) is 25.7 Å². The van der Waals surface area contributed by atoms with E-state index in [2.05, 4.69) is 5.32 Å². The third-order valence-corrected chi connectivity index (χ3v) is 5.22. The van der Waals surface area contributed by atoms with Gasteiger partial charge in [0.05, 0.1) is 11.2 Å². The van der Waals surface area contributed by atoms with E-state index in [1.807, 2.05) is 53.7 Å². The Morgan fingerprint density at radius 1 is 1.07 bits per heavy atom. The van der Waals surface area contributed by atoms with Gasteiger partial charge in [-0.05, 0) is 46.4 Å². The van der Waals surface area contributed by atoms with Gasteiger partial charge in [0.25, 0.3) is 5.91 Å². The van der Waals surface area contributed by atoms with Gasteiger partial charge in [0.2, 0.25) is 0 Å². The molecule has 1 saturated heterocycles. The second kappa shape index (κ2) is 6.98. The number of thioether (sulfide) groups is 1. The van der Waals surface area contributed by atoms with E-state index in [-0.39, 0.29) is 21.9 Å². The molecule has 1 aliphatic heterocycles. The maximum absolute atomic E-state index is 12.0. The van der Waals surface area contributed by atoms with E-state index >= 15 is 0 Å². The summed E-state index contributed by atoms with van der Waals surface area (Å²) in [7, 11) is -3.71. The van der Waals surface area contributed by atoms with Gasteiger partial charge in [0.1, 0.15) is 5.75 Å². The highest BCUT2D eigenvalue weighted by atomic mass is 32.2. The van der Waals surface area contributed by atoms with Crippen molar-refractivity contribution in [1.82, 2.24) is 5.32 Å². The molecule has 1 heterocycles. The van der Waals surface area contributed by atoms with Crippen molar-refractivity contribution >= 4 is 39.0 Å². The Hall–Kier alpha value is -1.80. The summed E-state index contributed by atoms with van der Waals surface area (Å²) in [5.41, 5.74) is 1.48. The predicted molar refractivity (Wildman–Crippen MR) is 111 cm³/mol. The number of carbonyl (C=O) groups is 1. The molecule has 0 spiro atoms. The number of hydrogen-bond donors (Lipinski definition) is 2. The smallest absolute Gasteiger partial charge is 0.306 e. The quantitative estimate of drug-likeness (QED) is 0.584. The molecule has 1 aliphatic rings. The summed E-state index contributed by atoms with van der Waals surface area (Å²) >= 11 is 1.07. The topological polar surface area (TPSA) is 96.3 Å². The lowest BCUT2D eigenvalue weighted by molar-refractivity contribution is -0.115. The molecule has 0 aliphatic carbocycles. The van der Waals surface area contributed by atoms with Gasteiger partial charge in [0, 0.05) is 11.1 Å². The minimum atomic E-state index is -3.71. The molecule has 0 radical (unpaired) electrons. The SMILES string of the molecule is CC(C)(C)c1cc(/C=C2/SC(=N)NC2=O)cc(C(C)(C)C)c1OS(C)(=O)=O. The van der Waals surface area contributed by atoms with Crippen molar-refractivity contribution < 1.29 is 17.4 Å². The lowest BCUT2D eigenvalue weighted by atomic mass is 9.78. The van der Waals surface area contributed by atoms with Gasteiger partial charge < -0.3 is 9.50 Å². The Morgan fingerprint density at radius 3 is 1.89 bits per heavy atom. The van der Waals surface area contributed by atoms with Gasteiger partial charge in [-0.3, -0.25) is 10.2 Å². The van der Waals surface area contributed by atoms with Crippen LogP contribution in [0.3, 0.4) is 0 Å². The first-order valence-corrected chi connectivity index (χ1v) is 11.1. The van der Waals surface area contributed by atoms with E-state index in [4.69, 9.17) is 9.59 Å². The maximum atomic E-state index is 12.0. The van der Waals surface area contributed by atoms with Gasteiger partial charge in [0.15, 0.2) is 5.17 Å². The number of hydrogen-bond acceptors (Lipinski definition) is 6. The van der Waals surface area contributed by atoms with Gasteiger partial charge in [-0.25, -0.2) is 0 Å². The molecule has 1 aromatic carbocycles. The van der Waals surface area contributed by atoms with Gasteiger partial charge in [-0.2, -0.15) is 8.42 Å². The first kappa shape index (κ1) is 21.5. The van der Waals surface area contributed by atoms with Crippen LogP contribution in [-0.2, 0) is 25.7 Å². The molecule has 27 heavy (non-hydrogen) atoms. The number of amidine groups is 1. The van der Waals surface area contributed by atoms with Crippen molar-refractivity contribution in [2.75, 3.05) is 6.26 Å². The van der Waals surface area contributed by atoms with Crippen LogP contribution < -0.4 is 9.50 Å². The predicted octanol–water partition coefficient (Wildman–Crippen LogP) is 3.76. The first-order chi connectivity index (χ1) is 12.1. The fraction of sp³-hybridized carbons (Fsp3) is 0.474. The normalized spacial score (nSPS) is 17.4. The molecule has 1 amide bonds. The third-order valence-electron chi connectivity index (χ3n) is 3.92. The van der Waals surface area contributed by atoms with Crippen LogP contribution in [0.4, 0.5) is 0 Å². The molecule has 1 aromatic rings. The summed E-state index contributed by atoms with van der Waals surface area (Å²) in [5.74, 6) is 0.0343. The van der Waals surface area contributed by atoms with Crippen LogP contribution in [0.15, 0.2) is 17.0 Å². The molecule has 8 heteroatoms. The molecule has 0 bridgehead atoms. The van der Waals surface area contributed by atoms with Gasteiger partial charge in [-0.1, -0.05) is 41.5 Å². The van der Waals surface area contributed by atoms with Gasteiger partial charge >= 0.3 is 10.1 Å². The molecule has 6 nitrogen and oxygen atoms in total. The molecule has 0 unspecified atom stereocenters. The van der Waals surface area contributed by atoms with Crippen molar-refractivity contribution in [3.63, 3.8) is 0 Å². The molecule has 2 N–H and O–H groups in total. The lowest BCUT2D eigenvalue weighted by Crippen LogP contribution is -2.22. The third kappa shape index (κ3) is 5.35. The van der Waals surface area contributed by atoms with E-state index in [1.54, 1.807) is 6.08 Å². The zero-order valence-corrected chi connectivity index (χ0v) is 18.3. The molecule has 1 fully saturated rings. The van der Waals surface area contributed by atoms with E-state index < -0.39 is 10.1 Å². The van der Waals surface area contributed by atoms with Crippen LogP contribution in [0.5, 0.6) is 5.75 Å². The first-order valence-electron chi connectivity index (χ1n) is 8.46. The Labute approximate surface area is 165 Å². The fourth-order valence-electron chi connectivity index (χ4n) is 2.68. The van der Waals surface area contributed by atoms with E-state index in [0.29, 0.717) is 10.7 Å². The highest BCUT2D eigenvalue weighted by molar-refractivity contribution is 8.18. The molecular weight excluding hydrogens is 384 g/mol. The second-order valence-electron chi connectivity index (χ2n) is 8.63. The summed E-state index contributed by atoms with van der Waals surface area (Å²) in [6, 6.07) is 3.69. The molecule has 0 saturated carbocycles. The van der Waals surface area contributed by atoms with E-state index in [0.717, 1.165) is 34.7 Å². The minimum Gasteiger partial charge on any atom is -0.382 e. The standard InChI is InChI=1S/C19H26N2O4S2/c1-18(2,3)12-8-11(10-14-16(22)21-17(20)26-14)9-13(19(4,5)6)15(12)25-27(7,23)24/h8-10H,1-7H3,(H2,20,21,22)/b14-10+. The summed E-state index contributed by atoms with van der Waals surface area (Å²) < 4.78 is 29.2. The van der Waals surface area contributed by atoms with Gasteiger partial charge in [-0.15, -0.1) is 0 Å². The number of amides is 1. The highest BCUT2D eigenvalue weighted by Crippen LogP contribution is 2.42. The van der Waals surface area contributed by atoms with Crippen LogP contribution >= 0.6 is 11.8 Å². The van der Waals surface area contributed by atoms with Crippen molar-refractivity contribution in [2.24, 2.45) is 0 Å². The van der Waals surface area contributed by atoms with E-state index in [9.17, 15) is 13.2 Å². The van der Waals surface area contributed by atoms with Crippen LogP contribution in [0.2, 0.25) is 0 Å². The van der Waals surface area contributed by atoms with Crippen molar-refractivity contribution in [1.29, 1.82) is 5.41 Å². The maximum Gasteiger partial charge on any atom is 0.306 e. The molecule has 0 atom stereocenters. The molecular formula is C19H26N2O4S2. The number of nitrogens with one attached hydrogen (secondary N) is 2. The number of benzene rings is 1. The zero-order chi connectivity index (χ0) is 20.8. The van der Waals surface area contributed by atoms with Crippen LogP contribution in [0.25, 0.3) is 6.08 Å². The summed E-state index contributed by atoms with van der Waals surface area (Å²) in [4.78, 5) is 12.4. The summed E-state index contributed by atoms with van der Waals surface area (Å²) in [5, 5.41) is 10.1. The lowest BCUT2D eigenvalue weighted by Gasteiger charge is -2.29. The van der Waals surface area contributed by atoms with Crippen LogP contribution in [0, 0.1) is 5.41 Å². The summed E-state index contributed by atoms with van der Waals surface area (Å²) in [6.45, 7) is 11.9. The number of rotatable bonds is 3. The Morgan fingerprint density at radius 2 is 1.56 bits per heavy atom. The Bertz CT molecular complexity index is 898. The zero-order valence-electron chi connectivity index (χ0n) is 16.7. The molecule has 0 aromatic heterocycles. The second-order valence-corrected chi connectivity index (χ2v) is 11.3. The Kier molecular flexibility index (Phi) is 5.56. The van der Waals surface area contributed by atoms with Crippen molar-refractivity contribution in [2.45, 2.75) is 52.4 Å². The van der Waals surface area contributed by atoms with Crippen molar-refractivity contribution in [3.8, 4) is 5.75 Å². The number of carbonyl (C=O) groups excluding carboxylic acids is 1. The summed E-state index contributed by atoms with van der Waals surface area (Å²) in [6.07, 6.45) is 2.75. The van der Waals surface area contributed by atoms with Crippen molar-refractivity contribution in [3.05, 3.63) is 33.7 Å². The van der Waals surface area contributed by atoms with Crippen LogP contribution in [0.1, 0.15) is 58.2 Å². The molecule has 2 rings (SSSR count). The monoisotopic (exact) mass is 410 g/mol. The molecule has 148 valence electrons. The average molecular weight is 411 g/mol. The largest absolute Gasteiger partial charge is 0.382 e. The fourth-order valence-corrected chi connectivity index (χ4v) is 3.87. The Balaban J connectivity index is 2.77. The highest BCUT2D eigenvalue weighted by Gasteiger charge is 2.30. The van der Waals surface area contributed by atoms with E-state index in [1.165, 1.54) is 0 Å². The minimum absolute atomic E-state index is 0.0929. The average Bonchev–Trinajstić information content (AvgIpc) is 2.74.